The maximum absolute atomic E-state index is 12.7. The number of benzene rings is 3. The van der Waals surface area contributed by atoms with Crippen LogP contribution in [0.1, 0.15) is 34.9 Å². The van der Waals surface area contributed by atoms with Crippen molar-refractivity contribution in [3.05, 3.63) is 134 Å². The highest BCUT2D eigenvalue weighted by Crippen LogP contribution is 2.42. The third-order valence-electron chi connectivity index (χ3n) is 7.58. The van der Waals surface area contributed by atoms with Gasteiger partial charge in [-0.15, -0.1) is 0 Å². The van der Waals surface area contributed by atoms with Gasteiger partial charge in [0.15, 0.2) is 0 Å². The van der Waals surface area contributed by atoms with Gasteiger partial charge in [-0.3, -0.25) is 14.3 Å². The number of nitrogens with zero attached hydrogens (tertiary/aromatic N) is 1. The molecule has 10 nitrogen and oxygen atoms in total. The summed E-state index contributed by atoms with van der Waals surface area (Å²) < 4.78 is 25.1. The first kappa shape index (κ1) is 30.0. The molecule has 3 aromatic carbocycles. The van der Waals surface area contributed by atoms with Gasteiger partial charge in [-0.1, -0.05) is 66.7 Å². The molecule has 1 aromatic heterocycles. The average Bonchev–Trinajstić information content (AvgIpc) is 3.41. The monoisotopic (exact) mass is 585 g/mol. The molecule has 5 rings (SSSR count). The lowest BCUT2D eigenvalue weighted by Gasteiger charge is -2.37. The van der Waals surface area contributed by atoms with Crippen molar-refractivity contribution in [2.75, 3.05) is 27.4 Å². The Labute approximate surface area is 248 Å². The van der Waals surface area contributed by atoms with Crippen LogP contribution in [0.5, 0.6) is 11.5 Å². The maximum atomic E-state index is 12.7. The van der Waals surface area contributed by atoms with Crippen LogP contribution >= 0.6 is 0 Å². The highest BCUT2D eigenvalue weighted by atomic mass is 16.6. The minimum Gasteiger partial charge on any atom is -0.497 e. The number of aromatic nitrogens is 2. The summed E-state index contributed by atoms with van der Waals surface area (Å²) in [5.74, 6) is 1.40. The van der Waals surface area contributed by atoms with E-state index in [1.54, 1.807) is 26.4 Å². The van der Waals surface area contributed by atoms with Crippen LogP contribution in [0.15, 0.2) is 101 Å². The number of aliphatic hydroxyl groups is 1. The van der Waals surface area contributed by atoms with Gasteiger partial charge in [0.25, 0.3) is 5.56 Å². The van der Waals surface area contributed by atoms with Crippen molar-refractivity contribution >= 4 is 6.08 Å². The average molecular weight is 586 g/mol. The van der Waals surface area contributed by atoms with Gasteiger partial charge in [-0.25, -0.2) is 4.79 Å². The topological polar surface area (TPSA) is 138 Å². The van der Waals surface area contributed by atoms with Crippen LogP contribution in [-0.4, -0.2) is 54.2 Å². The fourth-order valence-electron chi connectivity index (χ4n) is 5.35. The van der Waals surface area contributed by atoms with E-state index in [4.69, 9.17) is 24.7 Å². The Morgan fingerprint density at radius 1 is 0.953 bits per heavy atom. The van der Waals surface area contributed by atoms with Crippen molar-refractivity contribution in [3.8, 4) is 11.5 Å². The number of hydrogen-bond acceptors (Lipinski definition) is 8. The van der Waals surface area contributed by atoms with Crippen molar-refractivity contribution in [2.45, 2.75) is 30.5 Å². The molecular formula is C33H35N3O7. The Bertz CT molecular complexity index is 1600. The van der Waals surface area contributed by atoms with Crippen LogP contribution in [-0.2, 0) is 15.1 Å². The molecule has 0 bridgehead atoms. The Morgan fingerprint density at radius 2 is 1.53 bits per heavy atom. The third kappa shape index (κ3) is 6.18. The fourth-order valence-corrected chi connectivity index (χ4v) is 5.35. The van der Waals surface area contributed by atoms with Gasteiger partial charge in [0.05, 0.1) is 32.5 Å². The highest BCUT2D eigenvalue weighted by molar-refractivity contribution is 5.50. The molecule has 224 valence electrons. The molecule has 4 aromatic rings. The first-order valence-electron chi connectivity index (χ1n) is 13.9. The first-order chi connectivity index (χ1) is 20.9. The Hall–Kier alpha value is -4.48. The standard InChI is InChI=1S/C33H35N3O7/c1-40-26-14-10-24(11-15-26)33(23-8-4-3-5-9-23,25-12-16-27(41-2)17-13-25)42-21-29-28(37)19-30(43-29)36-20-22(7-6-18-34)31(38)35-32(36)39/h3-17,20,28-30,37H,18-19,21,34H2,1-2H3,(H,35,38,39)/b7-6+/t28-,29+,30+/m0/s1. The molecule has 0 spiro atoms. The summed E-state index contributed by atoms with van der Waals surface area (Å²) in [6.45, 7) is 0.227. The predicted molar refractivity (Wildman–Crippen MR) is 162 cm³/mol. The fraction of sp³-hybridized carbons (Fsp3) is 0.273. The van der Waals surface area contributed by atoms with E-state index in [0.717, 1.165) is 16.7 Å². The molecule has 0 saturated carbocycles. The lowest BCUT2D eigenvalue weighted by molar-refractivity contribution is -0.0944. The first-order valence-corrected chi connectivity index (χ1v) is 13.9. The van der Waals surface area contributed by atoms with Gasteiger partial charge in [-0.05, 0) is 41.0 Å². The van der Waals surface area contributed by atoms with Crippen LogP contribution in [0, 0.1) is 0 Å². The normalized spacial score (nSPS) is 18.7. The zero-order valence-electron chi connectivity index (χ0n) is 24.0. The molecule has 1 aliphatic rings. The number of ether oxygens (including phenoxy) is 4. The smallest absolute Gasteiger partial charge is 0.330 e. The summed E-state index contributed by atoms with van der Waals surface area (Å²) >= 11 is 0. The van der Waals surface area contributed by atoms with Crippen molar-refractivity contribution in [2.24, 2.45) is 5.73 Å². The number of methoxy groups -OCH3 is 2. The molecule has 0 radical (unpaired) electrons. The zero-order chi connectivity index (χ0) is 30.4. The van der Waals surface area contributed by atoms with E-state index >= 15 is 0 Å². The van der Waals surface area contributed by atoms with Crippen molar-refractivity contribution in [1.29, 1.82) is 0 Å². The van der Waals surface area contributed by atoms with Crippen LogP contribution < -0.4 is 26.5 Å². The van der Waals surface area contributed by atoms with Gasteiger partial charge in [0.2, 0.25) is 0 Å². The molecule has 3 atom stereocenters. The number of H-pyrrole nitrogens is 1. The van der Waals surface area contributed by atoms with E-state index in [-0.39, 0.29) is 25.1 Å². The second kappa shape index (κ2) is 13.2. The third-order valence-corrected chi connectivity index (χ3v) is 7.58. The summed E-state index contributed by atoms with van der Waals surface area (Å²) in [5.41, 5.74) is 6.04. The Morgan fingerprint density at radius 3 is 2.09 bits per heavy atom. The predicted octanol–water partition coefficient (Wildman–Crippen LogP) is 3.18. The summed E-state index contributed by atoms with van der Waals surface area (Å²) in [7, 11) is 3.22. The lowest BCUT2D eigenvalue weighted by Crippen LogP contribution is -2.38. The molecule has 1 fully saturated rings. The number of nitrogens with one attached hydrogen (secondary N) is 1. The maximum Gasteiger partial charge on any atom is 0.330 e. The van der Waals surface area contributed by atoms with Gasteiger partial charge in [0.1, 0.15) is 29.4 Å². The number of aliphatic hydroxyl groups excluding tert-OH is 1. The minimum absolute atomic E-state index is 0.0113. The van der Waals surface area contributed by atoms with E-state index in [0.29, 0.717) is 11.5 Å². The summed E-state index contributed by atoms with van der Waals surface area (Å²) in [6, 6.07) is 25.1. The zero-order valence-corrected chi connectivity index (χ0v) is 24.0. The molecule has 0 unspecified atom stereocenters. The molecular weight excluding hydrogens is 550 g/mol. The van der Waals surface area contributed by atoms with Gasteiger partial charge >= 0.3 is 5.69 Å². The van der Waals surface area contributed by atoms with E-state index < -0.39 is 35.3 Å². The molecule has 43 heavy (non-hydrogen) atoms. The highest BCUT2D eigenvalue weighted by Gasteiger charge is 2.42. The van der Waals surface area contributed by atoms with Crippen molar-refractivity contribution < 1.29 is 24.1 Å². The number of hydrogen-bond donors (Lipinski definition) is 3. The second-order valence-electron chi connectivity index (χ2n) is 10.1. The molecule has 2 heterocycles. The van der Waals surface area contributed by atoms with Crippen molar-refractivity contribution in [3.63, 3.8) is 0 Å². The number of rotatable bonds is 11. The second-order valence-corrected chi connectivity index (χ2v) is 10.1. The Balaban J connectivity index is 1.51. The van der Waals surface area contributed by atoms with Crippen molar-refractivity contribution in [1.82, 2.24) is 9.55 Å². The van der Waals surface area contributed by atoms with E-state index in [2.05, 4.69) is 4.98 Å². The minimum atomic E-state index is -1.10. The van der Waals surface area contributed by atoms with E-state index in [1.165, 1.54) is 10.8 Å². The van der Waals surface area contributed by atoms with Crippen LogP contribution in [0.2, 0.25) is 0 Å². The molecule has 1 saturated heterocycles. The summed E-state index contributed by atoms with van der Waals surface area (Å²) in [5, 5.41) is 11.1. The van der Waals surface area contributed by atoms with Crippen LogP contribution in [0.3, 0.4) is 0 Å². The van der Waals surface area contributed by atoms with Gasteiger partial charge < -0.3 is 29.8 Å². The van der Waals surface area contributed by atoms with Crippen LogP contribution in [0.4, 0.5) is 0 Å². The number of nitrogens with two attached hydrogens (primary N) is 1. The lowest BCUT2D eigenvalue weighted by atomic mass is 9.80. The Kier molecular flexibility index (Phi) is 9.22. The quantitative estimate of drug-likeness (QED) is 0.228. The molecule has 1 aliphatic heterocycles. The number of aromatic amines is 1. The van der Waals surface area contributed by atoms with Gasteiger partial charge in [-0.2, -0.15) is 0 Å². The molecule has 0 aliphatic carbocycles. The molecule has 4 N–H and O–H groups in total. The van der Waals surface area contributed by atoms with E-state index in [9.17, 15) is 14.7 Å². The largest absolute Gasteiger partial charge is 0.497 e. The SMILES string of the molecule is COc1ccc(C(OC[C@H]2O[C@@H](n3cc(/C=C/CN)c(=O)[nH]c3=O)C[C@@H]2O)(c2ccccc2)c2ccc(OC)cc2)cc1. The van der Waals surface area contributed by atoms with E-state index in [1.807, 2.05) is 78.9 Å². The molecule has 0 amide bonds. The van der Waals surface area contributed by atoms with Gasteiger partial charge in [0, 0.05) is 19.2 Å². The van der Waals surface area contributed by atoms with Crippen LogP contribution in [0.25, 0.3) is 6.08 Å². The summed E-state index contributed by atoms with van der Waals surface area (Å²) in [6.07, 6.45) is 2.17. The molecule has 10 heteroatoms. The summed E-state index contributed by atoms with van der Waals surface area (Å²) in [4.78, 5) is 27.2.